The van der Waals surface area contributed by atoms with E-state index in [1.54, 1.807) is 0 Å². The summed E-state index contributed by atoms with van der Waals surface area (Å²) < 4.78 is 28.6. The van der Waals surface area contributed by atoms with Crippen LogP contribution in [0.3, 0.4) is 0 Å². The lowest BCUT2D eigenvalue weighted by atomic mass is 9.63. The Morgan fingerprint density at radius 1 is 1.18 bits per heavy atom. The van der Waals surface area contributed by atoms with Gasteiger partial charge in [-0.2, -0.15) is 10.2 Å². The predicted octanol–water partition coefficient (Wildman–Crippen LogP) is 3.48. The molecule has 2 aromatic rings. The van der Waals surface area contributed by atoms with Crippen molar-refractivity contribution >= 4 is 0 Å². The van der Waals surface area contributed by atoms with Crippen LogP contribution >= 0.6 is 0 Å². The normalized spacial score (nSPS) is 31.2. The molecule has 0 radical (unpaired) electrons. The third-order valence-corrected chi connectivity index (χ3v) is 7.77. The summed E-state index contributed by atoms with van der Waals surface area (Å²) >= 11 is 0. The third-order valence-electron chi connectivity index (χ3n) is 7.77. The van der Waals surface area contributed by atoms with E-state index in [4.69, 9.17) is 0 Å². The second kappa shape index (κ2) is 6.04. The van der Waals surface area contributed by atoms with Gasteiger partial charge in [-0.3, -0.25) is 4.90 Å². The van der Waals surface area contributed by atoms with Gasteiger partial charge in [0, 0.05) is 31.1 Å². The molecule has 6 heteroatoms. The van der Waals surface area contributed by atoms with Gasteiger partial charge in [-0.05, 0) is 55.0 Å². The van der Waals surface area contributed by atoms with Crippen LogP contribution in [0.5, 0.6) is 0 Å². The second-order valence-corrected chi connectivity index (χ2v) is 9.12. The Balaban J connectivity index is 1.67. The summed E-state index contributed by atoms with van der Waals surface area (Å²) in [5.74, 6) is -0.855. The quantitative estimate of drug-likeness (QED) is 0.861. The highest BCUT2D eigenvalue weighted by molar-refractivity contribution is 5.63. The van der Waals surface area contributed by atoms with Crippen LogP contribution in [-0.4, -0.2) is 47.8 Å². The van der Waals surface area contributed by atoms with E-state index < -0.39 is 11.6 Å². The first-order valence-electron chi connectivity index (χ1n) is 10.1. The first kappa shape index (κ1) is 18.1. The average Bonchev–Trinajstić information content (AvgIpc) is 3.03. The molecular formula is C22H26F2N4. The Kier molecular flexibility index (Phi) is 3.91. The molecule has 2 fully saturated rings. The van der Waals surface area contributed by atoms with Crippen molar-refractivity contribution < 1.29 is 8.78 Å². The van der Waals surface area contributed by atoms with E-state index in [9.17, 15) is 8.78 Å². The first-order valence-corrected chi connectivity index (χ1v) is 10.1. The van der Waals surface area contributed by atoms with Gasteiger partial charge in [-0.25, -0.2) is 8.78 Å². The number of nitrogens with zero attached hydrogens (tertiary/aromatic N) is 3. The molecule has 148 valence electrons. The molecule has 1 aliphatic heterocycles. The SMILES string of the molecule is CN1CCNCC1C12CCC(c3cc(-c4c(F)cccc4F)nnc31)C2(C)C. The number of hydrogen-bond acceptors (Lipinski definition) is 4. The fourth-order valence-corrected chi connectivity index (χ4v) is 6.33. The van der Waals surface area contributed by atoms with Gasteiger partial charge in [0.15, 0.2) is 0 Å². The van der Waals surface area contributed by atoms with Crippen LogP contribution < -0.4 is 5.32 Å². The summed E-state index contributed by atoms with van der Waals surface area (Å²) in [7, 11) is 2.19. The van der Waals surface area contributed by atoms with Crippen molar-refractivity contribution in [1.29, 1.82) is 0 Å². The molecule has 2 bridgehead atoms. The number of hydrogen-bond donors (Lipinski definition) is 1. The molecular weight excluding hydrogens is 358 g/mol. The Bertz CT molecular complexity index is 924. The minimum atomic E-state index is -0.595. The van der Waals surface area contributed by atoms with Gasteiger partial charge in [-0.1, -0.05) is 19.9 Å². The lowest BCUT2D eigenvalue weighted by Crippen LogP contribution is -2.61. The standard InChI is InChI=1S/C22H26F2N4/c1-21(2)14-7-8-22(21,18-12-25-9-10-28(18)3)20-13(14)11-17(26-27-20)19-15(23)5-4-6-16(19)24/h4-6,11,14,18,25H,7-10,12H2,1-3H3. The topological polar surface area (TPSA) is 41.0 Å². The van der Waals surface area contributed by atoms with Crippen molar-refractivity contribution in [3.63, 3.8) is 0 Å². The molecule has 1 saturated heterocycles. The van der Waals surface area contributed by atoms with Crippen LogP contribution in [0.4, 0.5) is 8.78 Å². The van der Waals surface area contributed by atoms with E-state index in [-0.39, 0.29) is 16.4 Å². The van der Waals surface area contributed by atoms with Gasteiger partial charge in [0.25, 0.3) is 0 Å². The van der Waals surface area contributed by atoms with E-state index in [1.807, 2.05) is 6.07 Å². The maximum atomic E-state index is 14.3. The van der Waals surface area contributed by atoms with Crippen LogP contribution in [0, 0.1) is 17.0 Å². The molecule has 2 heterocycles. The molecule has 0 spiro atoms. The smallest absolute Gasteiger partial charge is 0.135 e. The van der Waals surface area contributed by atoms with Crippen molar-refractivity contribution in [3.05, 3.63) is 47.2 Å². The number of benzene rings is 1. The minimum Gasteiger partial charge on any atom is -0.314 e. The number of rotatable bonds is 2. The van der Waals surface area contributed by atoms with Crippen LogP contribution in [0.15, 0.2) is 24.3 Å². The van der Waals surface area contributed by atoms with Gasteiger partial charge >= 0.3 is 0 Å². The van der Waals surface area contributed by atoms with E-state index in [0.29, 0.717) is 17.7 Å². The highest BCUT2D eigenvalue weighted by Crippen LogP contribution is 2.69. The third kappa shape index (κ3) is 2.16. The number of likely N-dealkylation sites (N-methyl/N-ethyl adjacent to an activating group) is 1. The summed E-state index contributed by atoms with van der Waals surface area (Å²) in [6.07, 6.45) is 2.16. The van der Waals surface area contributed by atoms with Crippen molar-refractivity contribution in [1.82, 2.24) is 20.4 Å². The van der Waals surface area contributed by atoms with Crippen LogP contribution in [-0.2, 0) is 5.41 Å². The zero-order valence-corrected chi connectivity index (χ0v) is 16.6. The molecule has 5 rings (SSSR count). The molecule has 3 unspecified atom stereocenters. The van der Waals surface area contributed by atoms with Gasteiger partial charge < -0.3 is 5.32 Å². The Labute approximate surface area is 164 Å². The van der Waals surface area contributed by atoms with Crippen LogP contribution in [0.1, 0.15) is 43.9 Å². The number of piperazine rings is 1. The zero-order valence-electron chi connectivity index (χ0n) is 16.6. The molecule has 1 saturated carbocycles. The van der Waals surface area contributed by atoms with E-state index in [1.165, 1.54) is 18.2 Å². The van der Waals surface area contributed by atoms with E-state index in [2.05, 4.69) is 41.3 Å². The average molecular weight is 384 g/mol. The van der Waals surface area contributed by atoms with Crippen molar-refractivity contribution in [2.75, 3.05) is 26.7 Å². The zero-order chi connectivity index (χ0) is 19.7. The van der Waals surface area contributed by atoms with Gasteiger partial charge in [0.1, 0.15) is 11.6 Å². The van der Waals surface area contributed by atoms with Crippen molar-refractivity contribution in [3.8, 4) is 11.3 Å². The first-order chi connectivity index (χ1) is 13.4. The van der Waals surface area contributed by atoms with Gasteiger partial charge in [0.05, 0.1) is 17.0 Å². The number of nitrogens with one attached hydrogen (secondary N) is 1. The molecule has 1 aromatic carbocycles. The van der Waals surface area contributed by atoms with E-state index >= 15 is 0 Å². The van der Waals surface area contributed by atoms with Crippen molar-refractivity contribution in [2.45, 2.75) is 44.1 Å². The maximum absolute atomic E-state index is 14.3. The fraction of sp³-hybridized carbons (Fsp3) is 0.545. The summed E-state index contributed by atoms with van der Waals surface area (Å²) in [5, 5.41) is 12.5. The molecule has 28 heavy (non-hydrogen) atoms. The fourth-order valence-electron chi connectivity index (χ4n) is 6.33. The number of halogens is 2. The summed E-state index contributed by atoms with van der Waals surface area (Å²) in [6.45, 7) is 7.60. The summed E-state index contributed by atoms with van der Waals surface area (Å²) in [4.78, 5) is 2.45. The minimum absolute atomic E-state index is 0.0222. The van der Waals surface area contributed by atoms with Gasteiger partial charge in [0.2, 0.25) is 0 Å². The molecule has 1 aromatic heterocycles. The highest BCUT2D eigenvalue weighted by Gasteiger charge is 2.67. The van der Waals surface area contributed by atoms with Crippen LogP contribution in [0.25, 0.3) is 11.3 Å². The monoisotopic (exact) mass is 384 g/mol. The molecule has 2 aliphatic carbocycles. The molecule has 3 atom stereocenters. The predicted molar refractivity (Wildman–Crippen MR) is 104 cm³/mol. The van der Waals surface area contributed by atoms with Crippen molar-refractivity contribution in [2.24, 2.45) is 5.41 Å². The lowest BCUT2D eigenvalue weighted by molar-refractivity contribution is 0.0546. The Hall–Kier alpha value is -1.92. The summed E-state index contributed by atoms with van der Waals surface area (Å²) in [6, 6.07) is 6.16. The highest BCUT2D eigenvalue weighted by atomic mass is 19.1. The maximum Gasteiger partial charge on any atom is 0.135 e. The Morgan fingerprint density at radius 2 is 1.93 bits per heavy atom. The van der Waals surface area contributed by atoms with Gasteiger partial charge in [-0.15, -0.1) is 0 Å². The summed E-state index contributed by atoms with van der Waals surface area (Å²) in [5.41, 5.74) is 2.31. The lowest BCUT2D eigenvalue weighted by Gasteiger charge is -2.49. The molecule has 4 nitrogen and oxygen atoms in total. The van der Waals surface area contributed by atoms with Crippen LogP contribution in [0.2, 0.25) is 0 Å². The molecule has 3 aliphatic rings. The second-order valence-electron chi connectivity index (χ2n) is 9.12. The molecule has 0 amide bonds. The molecule has 1 N–H and O–H groups in total. The number of aromatic nitrogens is 2. The number of fused-ring (bicyclic) bond motifs is 5. The van der Waals surface area contributed by atoms with E-state index in [0.717, 1.165) is 43.7 Å². The Morgan fingerprint density at radius 3 is 2.64 bits per heavy atom. The largest absolute Gasteiger partial charge is 0.314 e.